The van der Waals surface area contributed by atoms with Crippen molar-refractivity contribution in [2.45, 2.75) is 0 Å². The monoisotopic (exact) mass is 454 g/mol. The summed E-state index contributed by atoms with van der Waals surface area (Å²) in [5.74, 6) is -0.199. The van der Waals surface area contributed by atoms with E-state index in [1.54, 1.807) is 60.7 Å². The van der Waals surface area contributed by atoms with Gasteiger partial charge in [-0.15, -0.1) is 0 Å². The van der Waals surface area contributed by atoms with Crippen molar-refractivity contribution in [3.8, 4) is 16.9 Å². The van der Waals surface area contributed by atoms with E-state index in [-0.39, 0.29) is 5.43 Å². The van der Waals surface area contributed by atoms with Gasteiger partial charge in [-0.25, -0.2) is 4.79 Å². The smallest absolute Gasteiger partial charge is 0.343 e. The van der Waals surface area contributed by atoms with Gasteiger partial charge in [0.1, 0.15) is 17.6 Å². The number of fused-ring (bicyclic) bond motifs is 1. The fraction of sp³-hybridized carbons (Fsp3) is 0. The summed E-state index contributed by atoms with van der Waals surface area (Å²) in [5.41, 5.74) is 1.73. The first kappa shape index (κ1) is 18.5. The number of hydrogen-bond acceptors (Lipinski definition) is 4. The molecule has 1 heterocycles. The molecule has 1 aromatic heterocycles. The van der Waals surface area contributed by atoms with Gasteiger partial charge in [-0.2, -0.15) is 0 Å². The van der Waals surface area contributed by atoms with Gasteiger partial charge < -0.3 is 9.15 Å². The van der Waals surface area contributed by atoms with E-state index >= 15 is 0 Å². The average Bonchev–Trinajstić information content (AvgIpc) is 2.69. The number of hydrogen-bond donors (Lipinski definition) is 0. The van der Waals surface area contributed by atoms with Crippen LogP contribution in [0.2, 0.25) is 5.02 Å². The fourth-order valence-corrected chi connectivity index (χ4v) is 3.14. The molecule has 0 amide bonds. The van der Waals surface area contributed by atoms with E-state index in [0.717, 1.165) is 4.47 Å². The number of carbonyl (C=O) groups excluding carboxylic acids is 1. The molecule has 6 heteroatoms. The average molecular weight is 456 g/mol. The maximum absolute atomic E-state index is 12.8. The summed E-state index contributed by atoms with van der Waals surface area (Å²) in [6, 6.07) is 18.5. The first-order valence-corrected chi connectivity index (χ1v) is 9.47. The summed E-state index contributed by atoms with van der Waals surface area (Å²) in [6.07, 6.45) is 1.40. The van der Waals surface area contributed by atoms with Crippen LogP contribution >= 0.6 is 27.5 Å². The number of esters is 1. The highest BCUT2D eigenvalue weighted by molar-refractivity contribution is 9.10. The lowest BCUT2D eigenvalue weighted by atomic mass is 10.1. The zero-order valence-electron chi connectivity index (χ0n) is 14.3. The number of ether oxygens (including phenoxy) is 1. The Balaban J connectivity index is 1.65. The maximum Gasteiger partial charge on any atom is 0.343 e. The van der Waals surface area contributed by atoms with Crippen molar-refractivity contribution in [2.24, 2.45) is 0 Å². The van der Waals surface area contributed by atoms with Crippen LogP contribution in [0.5, 0.6) is 5.75 Å². The van der Waals surface area contributed by atoms with Gasteiger partial charge in [0.15, 0.2) is 5.43 Å². The largest absolute Gasteiger partial charge is 0.463 e. The standard InChI is InChI=1S/C22H12BrClO4/c23-15-5-1-14(2-6-15)22(26)28-17-9-10-18-20(11-17)27-12-19(21(18)25)13-3-7-16(24)8-4-13/h1-12H. The molecular weight excluding hydrogens is 444 g/mol. The van der Waals surface area contributed by atoms with Crippen molar-refractivity contribution in [3.05, 3.63) is 98.3 Å². The molecule has 0 aliphatic carbocycles. The van der Waals surface area contributed by atoms with Gasteiger partial charge in [-0.3, -0.25) is 4.79 Å². The van der Waals surface area contributed by atoms with Crippen LogP contribution in [-0.4, -0.2) is 5.97 Å². The Kier molecular flexibility index (Phi) is 5.03. The van der Waals surface area contributed by atoms with Crippen molar-refractivity contribution in [1.82, 2.24) is 0 Å². The zero-order chi connectivity index (χ0) is 19.7. The van der Waals surface area contributed by atoms with Crippen LogP contribution in [0.4, 0.5) is 0 Å². The van der Waals surface area contributed by atoms with Crippen molar-refractivity contribution in [3.63, 3.8) is 0 Å². The van der Waals surface area contributed by atoms with Gasteiger partial charge in [-0.1, -0.05) is 39.7 Å². The second kappa shape index (κ2) is 7.62. The normalized spacial score (nSPS) is 10.8. The number of rotatable bonds is 3. The van der Waals surface area contributed by atoms with E-state index in [0.29, 0.717) is 38.4 Å². The Morgan fingerprint density at radius 3 is 2.39 bits per heavy atom. The summed E-state index contributed by atoms with van der Waals surface area (Å²) in [7, 11) is 0. The third kappa shape index (κ3) is 3.72. The van der Waals surface area contributed by atoms with Crippen LogP contribution in [0, 0.1) is 0 Å². The van der Waals surface area contributed by atoms with Gasteiger partial charge in [0.2, 0.25) is 0 Å². The molecule has 0 saturated carbocycles. The predicted molar refractivity (Wildman–Crippen MR) is 112 cm³/mol. The van der Waals surface area contributed by atoms with Gasteiger partial charge in [0.25, 0.3) is 0 Å². The van der Waals surface area contributed by atoms with Crippen LogP contribution in [0.1, 0.15) is 10.4 Å². The van der Waals surface area contributed by atoms with Gasteiger partial charge in [-0.05, 0) is 54.1 Å². The summed E-state index contributed by atoms with van der Waals surface area (Å²) in [5, 5.41) is 0.988. The SMILES string of the molecule is O=C(Oc1ccc2c(=O)c(-c3ccc(Cl)cc3)coc2c1)c1ccc(Br)cc1. The van der Waals surface area contributed by atoms with E-state index in [1.807, 2.05) is 0 Å². The Hall–Kier alpha value is -2.89. The quantitative estimate of drug-likeness (QED) is 0.277. The molecule has 4 rings (SSSR count). The molecule has 28 heavy (non-hydrogen) atoms. The molecule has 0 saturated heterocycles. The number of carbonyl (C=O) groups is 1. The van der Waals surface area contributed by atoms with Crippen LogP contribution in [0.3, 0.4) is 0 Å². The molecule has 0 spiro atoms. The minimum absolute atomic E-state index is 0.172. The van der Waals surface area contributed by atoms with Gasteiger partial charge in [0.05, 0.1) is 16.5 Å². The Bertz CT molecular complexity index is 1230. The molecule has 0 aliphatic heterocycles. The van der Waals surface area contributed by atoms with E-state index in [1.165, 1.54) is 12.3 Å². The fourth-order valence-electron chi connectivity index (χ4n) is 2.75. The van der Waals surface area contributed by atoms with Crippen LogP contribution < -0.4 is 10.2 Å². The molecule has 0 aliphatic rings. The number of benzene rings is 3. The topological polar surface area (TPSA) is 56.5 Å². The summed E-state index contributed by atoms with van der Waals surface area (Å²) >= 11 is 9.22. The van der Waals surface area contributed by atoms with E-state index < -0.39 is 5.97 Å². The zero-order valence-corrected chi connectivity index (χ0v) is 16.7. The third-order valence-electron chi connectivity index (χ3n) is 4.19. The highest BCUT2D eigenvalue weighted by Crippen LogP contribution is 2.24. The maximum atomic E-state index is 12.8. The lowest BCUT2D eigenvalue weighted by Gasteiger charge is -2.07. The molecule has 4 aromatic rings. The molecule has 0 bridgehead atoms. The van der Waals surface area contributed by atoms with E-state index in [9.17, 15) is 9.59 Å². The molecule has 0 radical (unpaired) electrons. The van der Waals surface area contributed by atoms with Gasteiger partial charge >= 0.3 is 5.97 Å². The molecule has 3 aromatic carbocycles. The molecule has 0 N–H and O–H groups in total. The van der Waals surface area contributed by atoms with Crippen molar-refractivity contribution in [2.75, 3.05) is 0 Å². The van der Waals surface area contributed by atoms with Crippen molar-refractivity contribution >= 4 is 44.5 Å². The minimum Gasteiger partial charge on any atom is -0.463 e. The van der Waals surface area contributed by atoms with Crippen LogP contribution in [0.15, 0.2) is 86.7 Å². The molecule has 0 fully saturated rings. The summed E-state index contributed by atoms with van der Waals surface area (Å²) in [4.78, 5) is 25.0. The third-order valence-corrected chi connectivity index (χ3v) is 4.97. The van der Waals surface area contributed by atoms with Crippen molar-refractivity contribution < 1.29 is 13.9 Å². The van der Waals surface area contributed by atoms with Gasteiger partial charge in [0, 0.05) is 15.6 Å². The molecule has 138 valence electrons. The number of halogens is 2. The second-order valence-electron chi connectivity index (χ2n) is 6.04. The predicted octanol–water partition coefficient (Wildman–Crippen LogP) is 6.10. The summed E-state index contributed by atoms with van der Waals surface area (Å²) < 4.78 is 11.9. The molecule has 0 unspecified atom stereocenters. The van der Waals surface area contributed by atoms with E-state index in [4.69, 9.17) is 20.8 Å². The van der Waals surface area contributed by atoms with Crippen LogP contribution in [0.25, 0.3) is 22.1 Å². The molecule has 4 nitrogen and oxygen atoms in total. The van der Waals surface area contributed by atoms with E-state index in [2.05, 4.69) is 15.9 Å². The Morgan fingerprint density at radius 1 is 0.964 bits per heavy atom. The van der Waals surface area contributed by atoms with Crippen molar-refractivity contribution in [1.29, 1.82) is 0 Å². The highest BCUT2D eigenvalue weighted by atomic mass is 79.9. The lowest BCUT2D eigenvalue weighted by molar-refractivity contribution is 0.0735. The first-order valence-electron chi connectivity index (χ1n) is 8.30. The highest BCUT2D eigenvalue weighted by Gasteiger charge is 2.13. The Labute approximate surface area is 173 Å². The van der Waals surface area contributed by atoms with Crippen LogP contribution in [-0.2, 0) is 0 Å². The molecule has 0 atom stereocenters. The summed E-state index contributed by atoms with van der Waals surface area (Å²) in [6.45, 7) is 0. The molecular formula is C22H12BrClO4. The first-order chi connectivity index (χ1) is 13.5. The Morgan fingerprint density at radius 2 is 1.68 bits per heavy atom. The second-order valence-corrected chi connectivity index (χ2v) is 7.39. The lowest BCUT2D eigenvalue weighted by Crippen LogP contribution is -2.09. The minimum atomic E-state index is -0.494.